The average Bonchev–Trinajstić information content (AvgIpc) is 2.89. The van der Waals surface area contributed by atoms with Crippen LogP contribution in [0.3, 0.4) is 0 Å². The number of benzene rings is 1. The van der Waals surface area contributed by atoms with E-state index in [1.807, 2.05) is 16.8 Å². The molecule has 0 amide bonds. The second-order valence-electron chi connectivity index (χ2n) is 3.53. The summed E-state index contributed by atoms with van der Waals surface area (Å²) in [4.78, 5) is 22.1. The highest BCUT2D eigenvalue weighted by atomic mass is 32.1. The predicted molar refractivity (Wildman–Crippen MR) is 70.8 cm³/mol. The van der Waals surface area contributed by atoms with Crippen LogP contribution >= 0.6 is 11.3 Å². The predicted octanol–water partition coefficient (Wildman–Crippen LogP) is 3.55. The van der Waals surface area contributed by atoms with Crippen molar-refractivity contribution in [1.82, 2.24) is 0 Å². The van der Waals surface area contributed by atoms with E-state index in [1.165, 1.54) is 35.6 Å². The van der Waals surface area contributed by atoms with Gasteiger partial charge < -0.3 is 0 Å². The molecule has 5 heteroatoms. The molecule has 0 fully saturated rings. The molecule has 0 radical (unpaired) electrons. The number of hydrogen-bond donors (Lipinski definition) is 0. The van der Waals surface area contributed by atoms with Gasteiger partial charge in [0, 0.05) is 6.07 Å². The third-order valence-corrected chi connectivity index (χ3v) is 3.04. The first-order chi connectivity index (χ1) is 8.68. The van der Waals surface area contributed by atoms with Crippen LogP contribution in [0.2, 0.25) is 0 Å². The van der Waals surface area contributed by atoms with Crippen molar-refractivity contribution in [3.05, 3.63) is 68.4 Å². The molecular formula is C13H9NO3S. The number of hydrogen-bond acceptors (Lipinski definition) is 4. The average molecular weight is 259 g/mol. The third kappa shape index (κ3) is 2.70. The van der Waals surface area contributed by atoms with Crippen molar-refractivity contribution in [2.45, 2.75) is 0 Å². The Labute approximate surface area is 107 Å². The van der Waals surface area contributed by atoms with Crippen LogP contribution in [0.4, 0.5) is 5.69 Å². The number of nitro groups is 1. The minimum absolute atomic E-state index is 0.106. The van der Waals surface area contributed by atoms with Crippen molar-refractivity contribution in [3.63, 3.8) is 0 Å². The van der Waals surface area contributed by atoms with Crippen LogP contribution in [0, 0.1) is 10.1 Å². The zero-order chi connectivity index (χ0) is 13.0. The second kappa shape index (κ2) is 5.37. The van der Waals surface area contributed by atoms with Gasteiger partial charge >= 0.3 is 0 Å². The van der Waals surface area contributed by atoms with E-state index in [0.717, 1.165) is 5.56 Å². The topological polar surface area (TPSA) is 60.2 Å². The Morgan fingerprint density at radius 2 is 2.06 bits per heavy atom. The Bertz CT molecular complexity index is 602. The third-order valence-electron chi connectivity index (χ3n) is 2.34. The summed E-state index contributed by atoms with van der Waals surface area (Å²) >= 11 is 1.52. The standard InChI is InChI=1S/C13H9NO3S/c15-13(6-5-10-7-8-18-9-10)11-3-1-2-4-12(11)14(16)17/h1-9H/b6-5+. The van der Waals surface area contributed by atoms with E-state index in [0.29, 0.717) is 0 Å². The molecule has 0 N–H and O–H groups in total. The number of rotatable bonds is 4. The molecule has 0 saturated heterocycles. The fourth-order valence-corrected chi connectivity index (χ4v) is 2.10. The fraction of sp³-hybridized carbons (Fsp3) is 0. The SMILES string of the molecule is O=C(/C=C/c1ccsc1)c1ccccc1[N+](=O)[O-]. The number of allylic oxidation sites excluding steroid dienone is 1. The lowest BCUT2D eigenvalue weighted by molar-refractivity contribution is -0.385. The minimum Gasteiger partial charge on any atom is -0.289 e. The molecule has 0 spiro atoms. The first-order valence-electron chi connectivity index (χ1n) is 5.16. The fourth-order valence-electron chi connectivity index (χ4n) is 1.47. The van der Waals surface area contributed by atoms with Crippen molar-refractivity contribution in [1.29, 1.82) is 0 Å². The van der Waals surface area contributed by atoms with Gasteiger partial charge in [0.05, 0.1) is 10.5 Å². The highest BCUT2D eigenvalue weighted by molar-refractivity contribution is 7.08. The Morgan fingerprint density at radius 3 is 2.72 bits per heavy atom. The zero-order valence-corrected chi connectivity index (χ0v) is 10.1. The lowest BCUT2D eigenvalue weighted by atomic mass is 10.1. The van der Waals surface area contributed by atoms with E-state index in [1.54, 1.807) is 12.1 Å². The molecule has 1 aromatic carbocycles. The number of nitro benzene ring substituents is 1. The van der Waals surface area contributed by atoms with Crippen LogP contribution in [-0.4, -0.2) is 10.7 Å². The van der Waals surface area contributed by atoms with Gasteiger partial charge in [-0.2, -0.15) is 11.3 Å². The molecule has 4 nitrogen and oxygen atoms in total. The number of carbonyl (C=O) groups excluding carboxylic acids is 1. The molecule has 0 aliphatic heterocycles. The molecule has 2 rings (SSSR count). The first-order valence-corrected chi connectivity index (χ1v) is 6.11. The first kappa shape index (κ1) is 12.2. The molecule has 18 heavy (non-hydrogen) atoms. The number of ketones is 1. The zero-order valence-electron chi connectivity index (χ0n) is 9.28. The summed E-state index contributed by atoms with van der Waals surface area (Å²) in [6.45, 7) is 0. The van der Waals surface area contributed by atoms with Crippen molar-refractivity contribution >= 4 is 28.9 Å². The van der Waals surface area contributed by atoms with E-state index in [2.05, 4.69) is 0 Å². The highest BCUT2D eigenvalue weighted by Gasteiger charge is 2.16. The summed E-state index contributed by atoms with van der Waals surface area (Å²) in [7, 11) is 0. The number of para-hydroxylation sites is 1. The summed E-state index contributed by atoms with van der Waals surface area (Å²) in [6.07, 6.45) is 3.00. The minimum atomic E-state index is -0.550. The van der Waals surface area contributed by atoms with Crippen molar-refractivity contribution in [3.8, 4) is 0 Å². The number of carbonyl (C=O) groups is 1. The van der Waals surface area contributed by atoms with E-state index < -0.39 is 4.92 Å². The molecule has 0 saturated carbocycles. The molecule has 1 heterocycles. The quantitative estimate of drug-likeness (QED) is 0.365. The maximum atomic E-state index is 11.9. The number of nitrogens with zero attached hydrogens (tertiary/aromatic N) is 1. The van der Waals surface area contributed by atoms with Crippen LogP contribution in [-0.2, 0) is 0 Å². The molecule has 2 aromatic rings. The Hall–Kier alpha value is -2.27. The van der Waals surface area contributed by atoms with Gasteiger partial charge in [0.25, 0.3) is 5.69 Å². The normalized spacial score (nSPS) is 10.7. The summed E-state index contributed by atoms with van der Waals surface area (Å²) < 4.78 is 0. The van der Waals surface area contributed by atoms with Crippen molar-refractivity contribution in [2.75, 3.05) is 0 Å². The molecule has 0 aliphatic carbocycles. The lowest BCUT2D eigenvalue weighted by Crippen LogP contribution is -2.00. The highest BCUT2D eigenvalue weighted by Crippen LogP contribution is 2.19. The van der Waals surface area contributed by atoms with E-state index in [-0.39, 0.29) is 17.0 Å². The Kier molecular flexibility index (Phi) is 3.64. The van der Waals surface area contributed by atoms with Gasteiger partial charge in [-0.25, -0.2) is 0 Å². The van der Waals surface area contributed by atoms with Gasteiger partial charge in [0.1, 0.15) is 0 Å². The summed E-state index contributed by atoms with van der Waals surface area (Å²) in [5.41, 5.74) is 0.846. The van der Waals surface area contributed by atoms with Gasteiger partial charge in [0.2, 0.25) is 0 Å². The Balaban J connectivity index is 2.27. The van der Waals surface area contributed by atoms with Crippen LogP contribution in [0.5, 0.6) is 0 Å². The second-order valence-corrected chi connectivity index (χ2v) is 4.31. The van der Waals surface area contributed by atoms with E-state index >= 15 is 0 Å². The van der Waals surface area contributed by atoms with Crippen molar-refractivity contribution < 1.29 is 9.72 Å². The Morgan fingerprint density at radius 1 is 1.28 bits per heavy atom. The molecule has 90 valence electrons. The lowest BCUT2D eigenvalue weighted by Gasteiger charge is -1.97. The van der Waals surface area contributed by atoms with E-state index in [4.69, 9.17) is 0 Å². The van der Waals surface area contributed by atoms with Gasteiger partial charge in [-0.3, -0.25) is 14.9 Å². The maximum absolute atomic E-state index is 11.9. The monoisotopic (exact) mass is 259 g/mol. The van der Waals surface area contributed by atoms with Crippen LogP contribution in [0.15, 0.2) is 47.2 Å². The van der Waals surface area contributed by atoms with Gasteiger partial charge in [-0.15, -0.1) is 0 Å². The van der Waals surface area contributed by atoms with E-state index in [9.17, 15) is 14.9 Å². The van der Waals surface area contributed by atoms with Crippen LogP contribution in [0.25, 0.3) is 6.08 Å². The van der Waals surface area contributed by atoms with Gasteiger partial charge in [-0.05, 0) is 34.5 Å². The summed E-state index contributed by atoms with van der Waals surface area (Å²) in [5.74, 6) is -0.367. The largest absolute Gasteiger partial charge is 0.289 e. The summed E-state index contributed by atoms with van der Waals surface area (Å²) in [5, 5.41) is 14.6. The molecule has 0 unspecified atom stereocenters. The molecule has 0 atom stereocenters. The van der Waals surface area contributed by atoms with Gasteiger partial charge in [-0.1, -0.05) is 18.2 Å². The molecule has 0 bridgehead atoms. The van der Waals surface area contributed by atoms with Gasteiger partial charge in [0.15, 0.2) is 5.78 Å². The van der Waals surface area contributed by atoms with Crippen LogP contribution in [0.1, 0.15) is 15.9 Å². The summed E-state index contributed by atoms with van der Waals surface area (Å²) in [6, 6.07) is 7.80. The molecular weight excluding hydrogens is 250 g/mol. The van der Waals surface area contributed by atoms with Crippen LogP contribution < -0.4 is 0 Å². The smallest absolute Gasteiger partial charge is 0.280 e. The molecule has 1 aromatic heterocycles. The van der Waals surface area contributed by atoms with Crippen molar-refractivity contribution in [2.24, 2.45) is 0 Å². The maximum Gasteiger partial charge on any atom is 0.280 e. The number of thiophene rings is 1. The molecule has 0 aliphatic rings.